The molecule has 0 aliphatic heterocycles. The number of aryl methyl sites for hydroxylation is 1. The molecular formula is C34H34Cl2FN3O4S. The Labute approximate surface area is 273 Å². The number of hydrogen-bond acceptors (Lipinski definition) is 4. The molecule has 0 radical (unpaired) electrons. The van der Waals surface area contributed by atoms with E-state index in [1.807, 2.05) is 51.1 Å². The molecule has 236 valence electrons. The van der Waals surface area contributed by atoms with E-state index in [4.69, 9.17) is 23.2 Å². The van der Waals surface area contributed by atoms with Crippen LogP contribution in [0.15, 0.2) is 102 Å². The fourth-order valence-corrected chi connectivity index (χ4v) is 6.48. The summed E-state index contributed by atoms with van der Waals surface area (Å²) in [5, 5.41) is 3.51. The Morgan fingerprint density at radius 2 is 1.49 bits per heavy atom. The minimum absolute atomic E-state index is 0.0585. The van der Waals surface area contributed by atoms with Crippen molar-refractivity contribution in [2.75, 3.05) is 10.8 Å². The lowest BCUT2D eigenvalue weighted by atomic mass is 10.0. The summed E-state index contributed by atoms with van der Waals surface area (Å²) in [5.41, 5.74) is 2.52. The molecule has 0 saturated carbocycles. The van der Waals surface area contributed by atoms with Crippen LogP contribution in [0.4, 0.5) is 10.1 Å². The number of carbonyl (C=O) groups is 2. The maximum atomic E-state index is 14.4. The summed E-state index contributed by atoms with van der Waals surface area (Å²) in [5.74, 6) is -1.63. The van der Waals surface area contributed by atoms with Crippen molar-refractivity contribution < 1.29 is 22.4 Å². The monoisotopic (exact) mass is 669 g/mol. The third-order valence-corrected chi connectivity index (χ3v) is 9.57. The normalized spacial score (nSPS) is 12.1. The van der Waals surface area contributed by atoms with Crippen molar-refractivity contribution in [1.29, 1.82) is 0 Å². The topological polar surface area (TPSA) is 86.8 Å². The summed E-state index contributed by atoms with van der Waals surface area (Å²) in [6.45, 7) is 4.80. The Kier molecular flexibility index (Phi) is 11.3. The Morgan fingerprint density at radius 3 is 2.09 bits per heavy atom. The van der Waals surface area contributed by atoms with Crippen LogP contribution < -0.4 is 9.62 Å². The van der Waals surface area contributed by atoms with Crippen LogP contribution in [-0.4, -0.2) is 43.8 Å². The Morgan fingerprint density at radius 1 is 0.844 bits per heavy atom. The van der Waals surface area contributed by atoms with Gasteiger partial charge in [-0.05, 0) is 80.4 Å². The van der Waals surface area contributed by atoms with Crippen LogP contribution in [0.3, 0.4) is 0 Å². The Hall–Kier alpha value is -3.92. The van der Waals surface area contributed by atoms with Gasteiger partial charge in [0.25, 0.3) is 10.0 Å². The van der Waals surface area contributed by atoms with E-state index in [0.717, 1.165) is 39.7 Å². The molecule has 0 heterocycles. The van der Waals surface area contributed by atoms with Crippen molar-refractivity contribution in [1.82, 2.24) is 10.2 Å². The summed E-state index contributed by atoms with van der Waals surface area (Å²) in [4.78, 5) is 29.3. The van der Waals surface area contributed by atoms with Gasteiger partial charge in [0.1, 0.15) is 18.4 Å². The number of anilines is 1. The number of carbonyl (C=O) groups excluding carboxylic acids is 2. The highest BCUT2D eigenvalue weighted by Crippen LogP contribution is 2.27. The minimum atomic E-state index is -4.34. The predicted octanol–water partition coefficient (Wildman–Crippen LogP) is 6.80. The molecule has 4 aromatic carbocycles. The number of hydrogen-bond donors (Lipinski definition) is 1. The zero-order valence-electron chi connectivity index (χ0n) is 25.1. The molecule has 0 unspecified atom stereocenters. The lowest BCUT2D eigenvalue weighted by Gasteiger charge is -2.34. The SMILES string of the molecule is Cc1ccc(N(CC(=O)N(Cc2ccc(Cl)c(Cl)c2)[C@@H](Cc2ccccc2)C(=O)NC(C)C)S(=O)(=O)c2ccc(F)cc2)cc1. The summed E-state index contributed by atoms with van der Waals surface area (Å²) in [7, 11) is -4.34. The van der Waals surface area contributed by atoms with Gasteiger partial charge in [-0.25, -0.2) is 12.8 Å². The van der Waals surface area contributed by atoms with Gasteiger partial charge in [-0.1, -0.05) is 77.3 Å². The maximum absolute atomic E-state index is 14.4. The van der Waals surface area contributed by atoms with Crippen LogP contribution in [0.2, 0.25) is 10.0 Å². The smallest absolute Gasteiger partial charge is 0.264 e. The molecule has 7 nitrogen and oxygen atoms in total. The van der Waals surface area contributed by atoms with Crippen molar-refractivity contribution in [2.45, 2.75) is 50.7 Å². The van der Waals surface area contributed by atoms with Gasteiger partial charge in [0.2, 0.25) is 11.8 Å². The number of rotatable bonds is 12. The zero-order valence-corrected chi connectivity index (χ0v) is 27.4. The molecule has 4 rings (SSSR count). The van der Waals surface area contributed by atoms with E-state index in [-0.39, 0.29) is 34.6 Å². The average Bonchev–Trinajstić information content (AvgIpc) is 3.00. The van der Waals surface area contributed by atoms with Crippen LogP contribution >= 0.6 is 23.2 Å². The van der Waals surface area contributed by atoms with Gasteiger partial charge in [0, 0.05) is 19.0 Å². The van der Waals surface area contributed by atoms with Gasteiger partial charge in [0.05, 0.1) is 20.6 Å². The molecule has 45 heavy (non-hydrogen) atoms. The molecule has 0 aromatic heterocycles. The number of sulfonamides is 1. The van der Waals surface area contributed by atoms with Crippen molar-refractivity contribution in [3.05, 3.63) is 130 Å². The minimum Gasteiger partial charge on any atom is -0.352 e. The lowest BCUT2D eigenvalue weighted by molar-refractivity contribution is -0.140. The second-order valence-corrected chi connectivity index (χ2v) is 13.6. The van der Waals surface area contributed by atoms with E-state index >= 15 is 0 Å². The van der Waals surface area contributed by atoms with Crippen LogP contribution in [0.1, 0.15) is 30.5 Å². The first-order chi connectivity index (χ1) is 21.3. The highest BCUT2D eigenvalue weighted by molar-refractivity contribution is 7.92. The molecular weight excluding hydrogens is 636 g/mol. The standard InChI is InChI=1S/C34H34Cl2FN3O4S/c1-23(2)38-34(42)32(20-25-7-5-4-6-8-25)39(21-26-11-18-30(35)31(36)19-26)33(41)22-40(28-14-9-24(3)10-15-28)45(43,44)29-16-12-27(37)13-17-29/h4-19,23,32H,20-22H2,1-3H3,(H,38,42)/t32-/m0/s1. The second-order valence-electron chi connectivity index (χ2n) is 10.9. The van der Waals surface area contributed by atoms with E-state index < -0.39 is 40.2 Å². The first kappa shape index (κ1) is 34.0. The predicted molar refractivity (Wildman–Crippen MR) is 176 cm³/mol. The van der Waals surface area contributed by atoms with Crippen molar-refractivity contribution in [2.24, 2.45) is 0 Å². The molecule has 0 aliphatic carbocycles. The first-order valence-electron chi connectivity index (χ1n) is 14.3. The van der Waals surface area contributed by atoms with Crippen molar-refractivity contribution in [3.8, 4) is 0 Å². The summed E-state index contributed by atoms with van der Waals surface area (Å²) >= 11 is 12.5. The molecule has 0 bridgehead atoms. The molecule has 0 spiro atoms. The summed E-state index contributed by atoms with van der Waals surface area (Å²) in [6, 6.07) is 24.0. The molecule has 1 N–H and O–H groups in total. The number of halogens is 3. The van der Waals surface area contributed by atoms with Crippen LogP contribution in [-0.2, 0) is 32.6 Å². The van der Waals surface area contributed by atoms with E-state index in [1.165, 1.54) is 4.90 Å². The van der Waals surface area contributed by atoms with E-state index in [2.05, 4.69) is 5.32 Å². The first-order valence-corrected chi connectivity index (χ1v) is 16.5. The Balaban J connectivity index is 1.81. The highest BCUT2D eigenvalue weighted by atomic mass is 35.5. The van der Waals surface area contributed by atoms with E-state index in [1.54, 1.807) is 42.5 Å². The molecule has 4 aromatic rings. The molecule has 0 aliphatic rings. The average molecular weight is 671 g/mol. The number of nitrogens with zero attached hydrogens (tertiary/aromatic N) is 2. The van der Waals surface area contributed by atoms with Crippen LogP contribution in [0.25, 0.3) is 0 Å². The molecule has 11 heteroatoms. The van der Waals surface area contributed by atoms with Gasteiger partial charge in [-0.3, -0.25) is 13.9 Å². The van der Waals surface area contributed by atoms with Gasteiger partial charge >= 0.3 is 0 Å². The van der Waals surface area contributed by atoms with Crippen LogP contribution in [0.5, 0.6) is 0 Å². The van der Waals surface area contributed by atoms with Crippen molar-refractivity contribution >= 4 is 50.7 Å². The third kappa shape index (κ3) is 8.84. The van der Waals surface area contributed by atoms with Gasteiger partial charge in [-0.2, -0.15) is 0 Å². The second kappa shape index (κ2) is 14.9. The van der Waals surface area contributed by atoms with Crippen LogP contribution in [0, 0.1) is 12.7 Å². The fourth-order valence-electron chi connectivity index (χ4n) is 4.74. The van der Waals surface area contributed by atoms with Gasteiger partial charge in [-0.15, -0.1) is 0 Å². The number of amides is 2. The zero-order chi connectivity index (χ0) is 32.7. The fraction of sp³-hybridized carbons (Fsp3) is 0.235. The highest BCUT2D eigenvalue weighted by Gasteiger charge is 2.35. The molecule has 1 atom stereocenters. The van der Waals surface area contributed by atoms with Crippen molar-refractivity contribution in [3.63, 3.8) is 0 Å². The lowest BCUT2D eigenvalue weighted by Crippen LogP contribution is -2.54. The maximum Gasteiger partial charge on any atom is 0.264 e. The third-order valence-electron chi connectivity index (χ3n) is 7.04. The van der Waals surface area contributed by atoms with E-state index in [9.17, 15) is 22.4 Å². The molecule has 0 fully saturated rings. The number of benzene rings is 4. The molecule has 2 amide bonds. The van der Waals surface area contributed by atoms with Gasteiger partial charge < -0.3 is 10.2 Å². The Bertz CT molecular complexity index is 1740. The molecule has 0 saturated heterocycles. The summed E-state index contributed by atoms with van der Waals surface area (Å²) < 4.78 is 42.7. The van der Waals surface area contributed by atoms with E-state index in [0.29, 0.717) is 10.6 Å². The quantitative estimate of drug-likeness (QED) is 0.180. The van der Waals surface area contributed by atoms with Gasteiger partial charge in [0.15, 0.2) is 0 Å². The largest absolute Gasteiger partial charge is 0.352 e. The summed E-state index contributed by atoms with van der Waals surface area (Å²) in [6.07, 6.45) is 0.168. The number of nitrogens with one attached hydrogen (secondary N) is 1.